The monoisotopic (exact) mass is 325 g/mol. The molecule has 1 atom stereocenters. The molecule has 3 heteroatoms. The zero-order chi connectivity index (χ0) is 17.6. The van der Waals surface area contributed by atoms with Crippen molar-refractivity contribution in [3.63, 3.8) is 0 Å². The highest BCUT2D eigenvalue weighted by atomic mass is 16.4. The molecule has 136 valence electrons. The molecule has 0 aliphatic heterocycles. The van der Waals surface area contributed by atoms with Gasteiger partial charge in [0, 0.05) is 5.41 Å². The first kappa shape index (κ1) is 20.5. The lowest BCUT2D eigenvalue weighted by molar-refractivity contribution is -0.923. The zero-order valence-electron chi connectivity index (χ0n) is 16.2. The van der Waals surface area contributed by atoms with Crippen LogP contribution in [0.2, 0.25) is 0 Å². The molecule has 1 unspecified atom stereocenters. The van der Waals surface area contributed by atoms with E-state index in [-0.39, 0.29) is 5.41 Å². The van der Waals surface area contributed by atoms with Crippen LogP contribution in [0, 0.1) is 5.41 Å². The smallest absolute Gasteiger partial charge is 0.141 e. The van der Waals surface area contributed by atoms with E-state index in [1.54, 1.807) is 0 Å². The number of aliphatic carboxylic acids is 1. The van der Waals surface area contributed by atoms with Gasteiger partial charge in [-0.1, -0.05) is 64.7 Å². The van der Waals surface area contributed by atoms with E-state index in [0.717, 1.165) is 25.7 Å². The lowest BCUT2D eigenvalue weighted by Crippen LogP contribution is -2.72. The first-order valence-electron chi connectivity index (χ1n) is 9.74. The second kappa shape index (κ2) is 8.50. The maximum atomic E-state index is 12.2. The molecule has 0 spiro atoms. The van der Waals surface area contributed by atoms with Crippen LogP contribution in [0.5, 0.6) is 0 Å². The molecule has 0 heterocycles. The van der Waals surface area contributed by atoms with Gasteiger partial charge in [-0.2, -0.15) is 0 Å². The number of hydrogen-bond donors (Lipinski definition) is 0. The maximum Gasteiger partial charge on any atom is 0.141 e. The summed E-state index contributed by atoms with van der Waals surface area (Å²) in [5.41, 5.74) is -0.913. The summed E-state index contributed by atoms with van der Waals surface area (Å²) < 4.78 is 0.450. The van der Waals surface area contributed by atoms with Crippen molar-refractivity contribution in [2.75, 3.05) is 21.1 Å². The molecule has 0 bridgehead atoms. The molecule has 0 saturated heterocycles. The van der Waals surface area contributed by atoms with Crippen LogP contribution in [0.3, 0.4) is 0 Å². The minimum absolute atomic E-state index is 0.104. The Labute approximate surface area is 144 Å². The van der Waals surface area contributed by atoms with E-state index in [2.05, 4.69) is 6.92 Å². The van der Waals surface area contributed by atoms with Gasteiger partial charge in [-0.3, -0.25) is 0 Å². The fourth-order valence-corrected chi connectivity index (χ4v) is 4.65. The van der Waals surface area contributed by atoms with Crippen molar-refractivity contribution in [2.45, 2.75) is 96.4 Å². The van der Waals surface area contributed by atoms with Gasteiger partial charge in [0.05, 0.1) is 21.1 Å². The molecule has 23 heavy (non-hydrogen) atoms. The molecule has 0 aromatic heterocycles. The van der Waals surface area contributed by atoms with Crippen LogP contribution >= 0.6 is 0 Å². The first-order chi connectivity index (χ1) is 10.7. The summed E-state index contributed by atoms with van der Waals surface area (Å²) in [6, 6.07) is 0. The van der Waals surface area contributed by atoms with Crippen molar-refractivity contribution in [3.05, 3.63) is 0 Å². The highest BCUT2D eigenvalue weighted by molar-refractivity contribution is 5.76. The fourth-order valence-electron chi connectivity index (χ4n) is 4.65. The van der Waals surface area contributed by atoms with E-state index in [1.165, 1.54) is 51.4 Å². The minimum Gasteiger partial charge on any atom is -0.544 e. The number of rotatable bonds is 10. The summed E-state index contributed by atoms with van der Waals surface area (Å²) in [5, 5.41) is 12.2. The molecular formula is C20H39NO2. The number of unbranched alkanes of at least 4 members (excludes halogenated alkanes) is 5. The lowest BCUT2D eigenvalue weighted by Gasteiger charge is -2.57. The molecule has 3 nitrogen and oxygen atoms in total. The third-order valence-corrected chi connectivity index (χ3v) is 6.59. The highest BCUT2D eigenvalue weighted by Crippen LogP contribution is 2.52. The van der Waals surface area contributed by atoms with Gasteiger partial charge in [-0.15, -0.1) is 0 Å². The van der Waals surface area contributed by atoms with Gasteiger partial charge in [-0.25, -0.2) is 0 Å². The topological polar surface area (TPSA) is 40.1 Å². The third-order valence-electron chi connectivity index (χ3n) is 6.59. The van der Waals surface area contributed by atoms with Crippen molar-refractivity contribution in [1.29, 1.82) is 0 Å². The van der Waals surface area contributed by atoms with Crippen molar-refractivity contribution in [1.82, 2.24) is 0 Å². The summed E-state index contributed by atoms with van der Waals surface area (Å²) >= 11 is 0. The van der Waals surface area contributed by atoms with Gasteiger partial charge in [-0.05, 0) is 26.2 Å². The Kier molecular flexibility index (Phi) is 7.57. The Hall–Kier alpha value is -0.570. The second-order valence-electron chi connectivity index (χ2n) is 8.73. The highest BCUT2D eigenvalue weighted by Gasteiger charge is 2.57. The van der Waals surface area contributed by atoms with Gasteiger partial charge < -0.3 is 14.4 Å². The van der Waals surface area contributed by atoms with E-state index in [4.69, 9.17) is 0 Å². The first-order valence-corrected chi connectivity index (χ1v) is 9.74. The minimum atomic E-state index is -0.863. The Morgan fingerprint density at radius 1 is 1.00 bits per heavy atom. The molecule has 1 rings (SSSR count). The molecule has 0 aromatic carbocycles. The van der Waals surface area contributed by atoms with E-state index >= 15 is 0 Å². The Morgan fingerprint density at radius 2 is 1.52 bits per heavy atom. The molecule has 0 amide bonds. The Morgan fingerprint density at radius 3 is 2.00 bits per heavy atom. The summed E-state index contributed by atoms with van der Waals surface area (Å²) in [6.07, 6.45) is 14.3. The number of hydrogen-bond acceptors (Lipinski definition) is 2. The molecule has 1 fully saturated rings. The number of carbonyl (C=O) groups is 1. The predicted octanol–water partition coefficient (Wildman–Crippen LogP) is 3.90. The quantitative estimate of drug-likeness (QED) is 0.451. The van der Waals surface area contributed by atoms with Gasteiger partial charge in [0.15, 0.2) is 0 Å². The lowest BCUT2D eigenvalue weighted by atomic mass is 9.58. The second-order valence-corrected chi connectivity index (χ2v) is 8.73. The zero-order valence-corrected chi connectivity index (χ0v) is 16.2. The van der Waals surface area contributed by atoms with Crippen LogP contribution in [0.25, 0.3) is 0 Å². The average molecular weight is 326 g/mol. The molecular weight excluding hydrogens is 286 g/mol. The SMILES string of the molecule is CCCCCCCCC1(C(C)(C(=O)[O-])[N+](C)(C)C)CCCCC1. The number of nitrogens with zero attached hydrogens (tertiary/aromatic N) is 1. The Balaban J connectivity index is 2.86. The van der Waals surface area contributed by atoms with Crippen molar-refractivity contribution in [2.24, 2.45) is 5.41 Å². The average Bonchev–Trinajstić information content (AvgIpc) is 2.49. The van der Waals surface area contributed by atoms with Crippen LogP contribution in [-0.4, -0.2) is 37.1 Å². The van der Waals surface area contributed by atoms with Crippen molar-refractivity contribution in [3.8, 4) is 0 Å². The van der Waals surface area contributed by atoms with E-state index in [1.807, 2.05) is 28.1 Å². The van der Waals surface area contributed by atoms with Crippen LogP contribution in [0.4, 0.5) is 0 Å². The van der Waals surface area contributed by atoms with Crippen molar-refractivity contribution >= 4 is 5.97 Å². The van der Waals surface area contributed by atoms with Crippen LogP contribution in [0.15, 0.2) is 0 Å². The van der Waals surface area contributed by atoms with E-state index in [9.17, 15) is 9.90 Å². The number of carboxylic acid groups (broad SMARTS) is 1. The van der Waals surface area contributed by atoms with Crippen LogP contribution in [0.1, 0.15) is 90.9 Å². The standard InChI is InChI=1S/C20H39NO2/c1-6-7-8-9-10-12-15-20(16-13-11-14-17-20)19(2,18(22)23)21(3,4)5/h6-17H2,1-5H3. The predicted molar refractivity (Wildman–Crippen MR) is 95.0 cm³/mol. The van der Waals surface area contributed by atoms with Crippen LogP contribution in [-0.2, 0) is 4.79 Å². The largest absolute Gasteiger partial charge is 0.544 e. The summed E-state index contributed by atoms with van der Waals surface area (Å²) in [7, 11) is 6.06. The molecule has 0 radical (unpaired) electrons. The molecule has 1 aliphatic carbocycles. The van der Waals surface area contributed by atoms with E-state index < -0.39 is 11.5 Å². The van der Waals surface area contributed by atoms with Gasteiger partial charge in [0.1, 0.15) is 11.5 Å². The fraction of sp³-hybridized carbons (Fsp3) is 0.950. The molecule has 1 aliphatic rings. The van der Waals surface area contributed by atoms with E-state index in [0.29, 0.717) is 4.48 Å². The third kappa shape index (κ3) is 4.49. The normalized spacial score (nSPS) is 20.9. The van der Waals surface area contributed by atoms with Gasteiger partial charge in [0.2, 0.25) is 0 Å². The Bertz CT molecular complexity index is 366. The number of quaternary nitrogens is 1. The number of likely N-dealkylation sites (N-methyl/N-ethyl adjacent to an activating group) is 1. The molecule has 0 aromatic rings. The van der Waals surface area contributed by atoms with Crippen LogP contribution < -0.4 is 5.11 Å². The van der Waals surface area contributed by atoms with Gasteiger partial charge >= 0.3 is 0 Å². The molecule has 0 N–H and O–H groups in total. The van der Waals surface area contributed by atoms with Crippen molar-refractivity contribution < 1.29 is 14.4 Å². The molecule has 1 saturated carbocycles. The number of carbonyl (C=O) groups excluding carboxylic acids is 1. The summed E-state index contributed by atoms with van der Waals surface area (Å²) in [4.78, 5) is 12.2. The van der Waals surface area contributed by atoms with Gasteiger partial charge in [0.25, 0.3) is 0 Å². The summed E-state index contributed by atoms with van der Waals surface area (Å²) in [5.74, 6) is -0.863. The maximum absolute atomic E-state index is 12.2. The number of carboxylic acids is 1. The summed E-state index contributed by atoms with van der Waals surface area (Å²) in [6.45, 7) is 4.19.